The SMILES string of the molecule is CCCCCCCOc1ccc(CN)c(Br)c1F. The van der Waals surface area contributed by atoms with E-state index >= 15 is 0 Å². The Bertz CT molecular complexity index is 371. The summed E-state index contributed by atoms with van der Waals surface area (Å²) in [5.74, 6) is -0.0546. The van der Waals surface area contributed by atoms with Crippen molar-refractivity contribution in [3.8, 4) is 5.75 Å². The number of rotatable bonds is 8. The quantitative estimate of drug-likeness (QED) is 0.721. The van der Waals surface area contributed by atoms with Crippen LogP contribution in [0.2, 0.25) is 0 Å². The lowest BCUT2D eigenvalue weighted by Gasteiger charge is -2.10. The molecule has 0 spiro atoms. The number of hydrogen-bond acceptors (Lipinski definition) is 2. The van der Waals surface area contributed by atoms with Crippen molar-refractivity contribution in [1.29, 1.82) is 0 Å². The molecule has 0 fully saturated rings. The van der Waals surface area contributed by atoms with E-state index in [0.29, 0.717) is 23.4 Å². The van der Waals surface area contributed by atoms with Crippen molar-refractivity contribution in [3.63, 3.8) is 0 Å². The predicted molar refractivity (Wildman–Crippen MR) is 76.2 cm³/mol. The molecule has 0 aliphatic rings. The van der Waals surface area contributed by atoms with E-state index < -0.39 is 0 Å². The van der Waals surface area contributed by atoms with Gasteiger partial charge in [0.25, 0.3) is 0 Å². The highest BCUT2D eigenvalue weighted by Gasteiger charge is 2.11. The monoisotopic (exact) mass is 317 g/mol. The van der Waals surface area contributed by atoms with Crippen molar-refractivity contribution < 1.29 is 9.13 Å². The first kappa shape index (κ1) is 15.4. The van der Waals surface area contributed by atoms with E-state index in [1.165, 1.54) is 19.3 Å². The van der Waals surface area contributed by atoms with Crippen LogP contribution >= 0.6 is 15.9 Å². The van der Waals surface area contributed by atoms with Gasteiger partial charge in [-0.05, 0) is 34.0 Å². The first-order valence-corrected chi connectivity index (χ1v) is 7.29. The van der Waals surface area contributed by atoms with Crippen molar-refractivity contribution in [1.82, 2.24) is 0 Å². The van der Waals surface area contributed by atoms with Crippen LogP contribution in [0.15, 0.2) is 16.6 Å². The number of ether oxygens (including phenoxy) is 1. The summed E-state index contributed by atoms with van der Waals surface area (Å²) in [4.78, 5) is 0. The number of halogens is 2. The molecule has 2 nitrogen and oxygen atoms in total. The van der Waals surface area contributed by atoms with Crippen molar-refractivity contribution in [2.24, 2.45) is 5.73 Å². The van der Waals surface area contributed by atoms with E-state index in [-0.39, 0.29) is 5.82 Å². The van der Waals surface area contributed by atoms with Crippen LogP contribution < -0.4 is 10.5 Å². The van der Waals surface area contributed by atoms with Gasteiger partial charge < -0.3 is 10.5 Å². The topological polar surface area (TPSA) is 35.2 Å². The van der Waals surface area contributed by atoms with Crippen LogP contribution in [0.5, 0.6) is 5.75 Å². The maximum atomic E-state index is 13.9. The van der Waals surface area contributed by atoms with Crippen LogP contribution in [0.3, 0.4) is 0 Å². The third-order valence-electron chi connectivity index (χ3n) is 2.85. The summed E-state index contributed by atoms with van der Waals surface area (Å²) < 4.78 is 19.7. The van der Waals surface area contributed by atoms with Gasteiger partial charge in [0.15, 0.2) is 11.6 Å². The van der Waals surface area contributed by atoms with Gasteiger partial charge in [0.2, 0.25) is 0 Å². The Kier molecular flexibility index (Phi) is 7.28. The molecular formula is C14H21BrFNO. The molecule has 0 saturated carbocycles. The minimum absolute atomic E-state index is 0.301. The van der Waals surface area contributed by atoms with Crippen molar-refractivity contribution in [3.05, 3.63) is 28.0 Å². The third kappa shape index (κ3) is 4.58. The van der Waals surface area contributed by atoms with Crippen LogP contribution in [-0.4, -0.2) is 6.61 Å². The second-order valence-electron chi connectivity index (χ2n) is 4.32. The molecule has 0 saturated heterocycles. The normalized spacial score (nSPS) is 10.7. The molecule has 0 atom stereocenters. The Morgan fingerprint density at radius 1 is 1.22 bits per heavy atom. The van der Waals surface area contributed by atoms with Crippen molar-refractivity contribution in [2.45, 2.75) is 45.6 Å². The molecule has 0 aliphatic carbocycles. The Morgan fingerprint density at radius 3 is 2.61 bits per heavy atom. The van der Waals surface area contributed by atoms with Crippen LogP contribution in [0.4, 0.5) is 4.39 Å². The molecule has 0 unspecified atom stereocenters. The molecule has 18 heavy (non-hydrogen) atoms. The molecule has 1 aromatic rings. The highest BCUT2D eigenvalue weighted by molar-refractivity contribution is 9.10. The number of benzene rings is 1. The van der Waals surface area contributed by atoms with Gasteiger partial charge in [-0.1, -0.05) is 38.7 Å². The number of unbranched alkanes of at least 4 members (excludes halogenated alkanes) is 4. The molecule has 4 heteroatoms. The standard InChI is InChI=1S/C14H21BrFNO/c1-2-3-4-5-6-9-18-12-8-7-11(10-17)13(15)14(12)16/h7-8H,2-6,9-10,17H2,1H3. The van der Waals surface area contributed by atoms with Crippen LogP contribution in [0.25, 0.3) is 0 Å². The van der Waals surface area contributed by atoms with Gasteiger partial charge in [0.1, 0.15) is 0 Å². The van der Waals surface area contributed by atoms with Crippen LogP contribution in [0.1, 0.15) is 44.6 Å². The molecule has 0 bridgehead atoms. The van der Waals surface area contributed by atoms with E-state index in [9.17, 15) is 4.39 Å². The Balaban J connectivity index is 2.41. The Hall–Kier alpha value is -0.610. The molecule has 0 amide bonds. The van der Waals surface area contributed by atoms with Crippen molar-refractivity contribution in [2.75, 3.05) is 6.61 Å². The zero-order chi connectivity index (χ0) is 13.4. The maximum Gasteiger partial charge on any atom is 0.179 e. The molecule has 1 aromatic carbocycles. The summed E-state index contributed by atoms with van der Waals surface area (Å²) >= 11 is 3.20. The molecular weight excluding hydrogens is 297 g/mol. The lowest BCUT2D eigenvalue weighted by molar-refractivity contribution is 0.289. The van der Waals surface area contributed by atoms with Gasteiger partial charge >= 0.3 is 0 Å². The minimum Gasteiger partial charge on any atom is -0.490 e. The minimum atomic E-state index is -0.355. The van der Waals surface area contributed by atoms with Gasteiger partial charge in [0, 0.05) is 6.54 Å². The summed E-state index contributed by atoms with van der Waals surface area (Å²) in [5.41, 5.74) is 6.25. The van der Waals surface area contributed by atoms with Gasteiger partial charge in [0.05, 0.1) is 11.1 Å². The molecule has 2 N–H and O–H groups in total. The lowest BCUT2D eigenvalue weighted by atomic mass is 10.2. The summed E-state index contributed by atoms with van der Waals surface area (Å²) in [5, 5.41) is 0. The number of nitrogens with two attached hydrogens (primary N) is 1. The fraction of sp³-hybridized carbons (Fsp3) is 0.571. The smallest absolute Gasteiger partial charge is 0.179 e. The van der Waals surface area contributed by atoms with Gasteiger partial charge in [-0.15, -0.1) is 0 Å². The van der Waals surface area contributed by atoms with E-state index in [1.54, 1.807) is 12.1 Å². The van der Waals surface area contributed by atoms with Gasteiger partial charge in [-0.3, -0.25) is 0 Å². The van der Waals surface area contributed by atoms with Crippen molar-refractivity contribution >= 4 is 15.9 Å². The van der Waals surface area contributed by atoms with E-state index in [0.717, 1.165) is 18.4 Å². The zero-order valence-corrected chi connectivity index (χ0v) is 12.4. The van der Waals surface area contributed by atoms with E-state index in [1.807, 2.05) is 0 Å². The highest BCUT2D eigenvalue weighted by Crippen LogP contribution is 2.28. The second kappa shape index (κ2) is 8.48. The molecule has 0 aliphatic heterocycles. The molecule has 0 heterocycles. The Labute approximate surface area is 117 Å². The average Bonchev–Trinajstić information content (AvgIpc) is 2.38. The first-order valence-electron chi connectivity index (χ1n) is 6.50. The van der Waals surface area contributed by atoms with Crippen LogP contribution in [-0.2, 0) is 6.54 Å². The average molecular weight is 318 g/mol. The first-order chi connectivity index (χ1) is 8.70. The Morgan fingerprint density at radius 2 is 1.94 bits per heavy atom. The van der Waals surface area contributed by atoms with E-state index in [2.05, 4.69) is 22.9 Å². The molecule has 0 aromatic heterocycles. The molecule has 102 valence electrons. The van der Waals surface area contributed by atoms with Gasteiger partial charge in [-0.25, -0.2) is 4.39 Å². The summed E-state index contributed by atoms with van der Waals surface area (Å²) in [6, 6.07) is 3.44. The lowest BCUT2D eigenvalue weighted by Crippen LogP contribution is -2.03. The van der Waals surface area contributed by atoms with Crippen LogP contribution in [0, 0.1) is 5.82 Å². The fourth-order valence-electron chi connectivity index (χ4n) is 1.73. The molecule has 0 radical (unpaired) electrons. The fourth-order valence-corrected chi connectivity index (χ4v) is 2.22. The number of hydrogen-bond donors (Lipinski definition) is 1. The zero-order valence-electron chi connectivity index (χ0n) is 10.8. The summed E-state index contributed by atoms with van der Waals surface area (Å²) in [7, 11) is 0. The van der Waals surface area contributed by atoms with E-state index in [4.69, 9.17) is 10.5 Å². The summed E-state index contributed by atoms with van der Waals surface area (Å²) in [6.45, 7) is 3.06. The molecule has 1 rings (SSSR count). The second-order valence-corrected chi connectivity index (χ2v) is 5.11. The van der Waals surface area contributed by atoms with Gasteiger partial charge in [-0.2, -0.15) is 0 Å². The largest absolute Gasteiger partial charge is 0.490 e. The predicted octanol–water partition coefficient (Wildman–Crippen LogP) is 4.40. The third-order valence-corrected chi connectivity index (χ3v) is 3.71. The summed E-state index contributed by atoms with van der Waals surface area (Å²) in [6.07, 6.45) is 5.81. The maximum absolute atomic E-state index is 13.9. The highest BCUT2D eigenvalue weighted by atomic mass is 79.9.